The first-order valence-electron chi connectivity index (χ1n) is 11.7. The van der Waals surface area contributed by atoms with E-state index in [0.717, 1.165) is 16.1 Å². The summed E-state index contributed by atoms with van der Waals surface area (Å²) in [6.07, 6.45) is -4.86. The standard InChI is InChI=1S/C25H24Cl2F3N5O2/c1-37-21-5-3-2-4-20(21)33-8-10-34(11-9-33)24(36)19-14-23-31-18(15-6-7-16(26)17(27)12-15)13-22(25(28,29)30)35(23)32-19/h2-7,12,14,18,22,31H,8-11,13H2,1H3/t18-,22-/m0/s1. The van der Waals surface area contributed by atoms with E-state index in [2.05, 4.69) is 15.3 Å². The number of hydrogen-bond acceptors (Lipinski definition) is 5. The fourth-order valence-electron chi connectivity index (χ4n) is 4.83. The molecule has 0 spiro atoms. The summed E-state index contributed by atoms with van der Waals surface area (Å²) in [6.45, 7) is 1.92. The number of carbonyl (C=O) groups is 1. The van der Waals surface area contributed by atoms with E-state index in [9.17, 15) is 18.0 Å². The van der Waals surface area contributed by atoms with Gasteiger partial charge >= 0.3 is 6.18 Å². The average molecular weight is 554 g/mol. The zero-order valence-electron chi connectivity index (χ0n) is 19.8. The quantitative estimate of drug-likeness (QED) is 0.441. The van der Waals surface area contributed by atoms with Crippen molar-refractivity contribution in [1.29, 1.82) is 0 Å². The highest BCUT2D eigenvalue weighted by molar-refractivity contribution is 6.42. The molecule has 7 nitrogen and oxygen atoms in total. The van der Waals surface area contributed by atoms with Crippen molar-refractivity contribution in [2.24, 2.45) is 0 Å². The van der Waals surface area contributed by atoms with Gasteiger partial charge in [0, 0.05) is 38.7 Å². The van der Waals surface area contributed by atoms with E-state index in [1.54, 1.807) is 30.2 Å². The lowest BCUT2D eigenvalue weighted by Gasteiger charge is -2.36. The molecule has 1 aromatic heterocycles. The van der Waals surface area contributed by atoms with Gasteiger partial charge in [0.15, 0.2) is 11.7 Å². The number of amides is 1. The molecule has 0 unspecified atom stereocenters. The molecule has 12 heteroatoms. The first-order chi connectivity index (χ1) is 17.7. The largest absolute Gasteiger partial charge is 0.495 e. The molecule has 0 aliphatic carbocycles. The number of aromatic nitrogens is 2. The second kappa shape index (κ2) is 9.98. The highest BCUT2D eigenvalue weighted by Crippen LogP contribution is 2.44. The number of piperazine rings is 1. The molecule has 2 aliphatic rings. The molecule has 3 heterocycles. The third-order valence-corrected chi connectivity index (χ3v) is 7.49. The molecule has 2 aromatic carbocycles. The number of ether oxygens (including phenoxy) is 1. The van der Waals surface area contributed by atoms with E-state index in [1.807, 2.05) is 24.3 Å². The highest BCUT2D eigenvalue weighted by atomic mass is 35.5. The normalized spacial score (nSPS) is 19.8. The number of hydrogen-bond donors (Lipinski definition) is 1. The van der Waals surface area contributed by atoms with Crippen molar-refractivity contribution in [2.75, 3.05) is 43.5 Å². The molecule has 0 radical (unpaired) electrons. The SMILES string of the molecule is COc1ccccc1N1CCN(C(=O)c2cc3n(n2)[C@H](C(F)(F)F)C[C@@H](c2ccc(Cl)c(Cl)c2)N3)CC1. The third-order valence-electron chi connectivity index (χ3n) is 6.75. The maximum Gasteiger partial charge on any atom is 0.410 e. The minimum absolute atomic E-state index is 0.0303. The number of para-hydroxylation sites is 2. The van der Waals surface area contributed by atoms with E-state index in [0.29, 0.717) is 36.8 Å². The number of halogens is 5. The van der Waals surface area contributed by atoms with Gasteiger partial charge in [-0.15, -0.1) is 0 Å². The topological polar surface area (TPSA) is 62.6 Å². The lowest BCUT2D eigenvalue weighted by molar-refractivity contribution is -0.173. The van der Waals surface area contributed by atoms with Crippen LogP contribution < -0.4 is 15.0 Å². The predicted molar refractivity (Wildman–Crippen MR) is 136 cm³/mol. The van der Waals surface area contributed by atoms with Crippen LogP contribution in [0.5, 0.6) is 5.75 Å². The van der Waals surface area contributed by atoms with Gasteiger partial charge in [0.05, 0.1) is 28.9 Å². The Bertz CT molecular complexity index is 1310. The summed E-state index contributed by atoms with van der Waals surface area (Å²) in [4.78, 5) is 17.0. The Hall–Kier alpha value is -3.11. The number of carbonyl (C=O) groups excluding carboxylic acids is 1. The van der Waals surface area contributed by atoms with E-state index in [4.69, 9.17) is 27.9 Å². The summed E-state index contributed by atoms with van der Waals surface area (Å²) >= 11 is 12.1. The molecule has 0 bridgehead atoms. The van der Waals surface area contributed by atoms with Crippen LogP contribution >= 0.6 is 23.2 Å². The first kappa shape index (κ1) is 25.5. The number of anilines is 2. The van der Waals surface area contributed by atoms with Gasteiger partial charge in [0.2, 0.25) is 0 Å². The van der Waals surface area contributed by atoms with Crippen LogP contribution in [0.2, 0.25) is 10.0 Å². The van der Waals surface area contributed by atoms with E-state index in [1.165, 1.54) is 6.07 Å². The molecule has 1 saturated heterocycles. The number of rotatable bonds is 4. The summed E-state index contributed by atoms with van der Waals surface area (Å²) in [5.41, 5.74) is 1.47. The molecule has 2 atom stereocenters. The number of nitrogens with zero attached hydrogens (tertiary/aromatic N) is 4. The first-order valence-corrected chi connectivity index (χ1v) is 12.5. The van der Waals surface area contributed by atoms with Crippen molar-refractivity contribution in [3.05, 3.63) is 69.8 Å². The Kier molecular flexibility index (Phi) is 6.89. The molecule has 0 saturated carbocycles. The summed E-state index contributed by atoms with van der Waals surface area (Å²) < 4.78 is 48.4. The number of benzene rings is 2. The van der Waals surface area contributed by atoms with Crippen molar-refractivity contribution in [2.45, 2.75) is 24.7 Å². The minimum Gasteiger partial charge on any atom is -0.495 e. The van der Waals surface area contributed by atoms with Crippen LogP contribution in [0.25, 0.3) is 0 Å². The van der Waals surface area contributed by atoms with Gasteiger partial charge in [0.1, 0.15) is 11.6 Å². The molecule has 5 rings (SSSR count). The van der Waals surface area contributed by atoms with Crippen molar-refractivity contribution in [3.63, 3.8) is 0 Å². The number of alkyl halides is 3. The van der Waals surface area contributed by atoms with Gasteiger partial charge in [-0.25, -0.2) is 4.68 Å². The molecule has 2 aliphatic heterocycles. The summed E-state index contributed by atoms with van der Waals surface area (Å²) in [5, 5.41) is 7.76. The summed E-state index contributed by atoms with van der Waals surface area (Å²) in [7, 11) is 1.60. The van der Waals surface area contributed by atoms with E-state index in [-0.39, 0.29) is 23.0 Å². The molecule has 3 aromatic rings. The van der Waals surface area contributed by atoms with Crippen LogP contribution in [-0.2, 0) is 0 Å². The Balaban J connectivity index is 1.35. The fourth-order valence-corrected chi connectivity index (χ4v) is 5.14. The van der Waals surface area contributed by atoms with Crippen molar-refractivity contribution < 1.29 is 22.7 Å². The summed E-state index contributed by atoms with van der Waals surface area (Å²) in [6, 6.07) is 11.2. The fraction of sp³-hybridized carbons (Fsp3) is 0.360. The van der Waals surface area contributed by atoms with Crippen LogP contribution in [0, 0.1) is 0 Å². The zero-order valence-corrected chi connectivity index (χ0v) is 21.3. The molecule has 1 amide bonds. The lowest BCUT2D eigenvalue weighted by atomic mass is 9.97. The Labute approximate surface area is 221 Å². The monoisotopic (exact) mass is 553 g/mol. The van der Waals surface area contributed by atoms with E-state index < -0.39 is 24.2 Å². The number of nitrogens with one attached hydrogen (secondary N) is 1. The summed E-state index contributed by atoms with van der Waals surface area (Å²) in [5.74, 6) is 0.459. The third kappa shape index (κ3) is 5.04. The Morgan fingerprint density at radius 2 is 1.78 bits per heavy atom. The second-order valence-electron chi connectivity index (χ2n) is 8.97. The number of methoxy groups -OCH3 is 1. The molecule has 1 N–H and O–H groups in total. The zero-order chi connectivity index (χ0) is 26.3. The van der Waals surface area contributed by atoms with Gasteiger partial charge in [-0.3, -0.25) is 4.79 Å². The van der Waals surface area contributed by atoms with Crippen LogP contribution in [0.4, 0.5) is 24.7 Å². The molecule has 37 heavy (non-hydrogen) atoms. The van der Waals surface area contributed by atoms with Gasteiger partial charge in [-0.1, -0.05) is 41.4 Å². The van der Waals surface area contributed by atoms with E-state index >= 15 is 0 Å². The molecular formula is C25H24Cl2F3N5O2. The number of fused-ring (bicyclic) bond motifs is 1. The van der Waals surface area contributed by atoms with Crippen molar-refractivity contribution in [3.8, 4) is 5.75 Å². The molecule has 1 fully saturated rings. The van der Waals surface area contributed by atoms with Gasteiger partial charge in [-0.05, 0) is 29.8 Å². The Morgan fingerprint density at radius 3 is 2.46 bits per heavy atom. The van der Waals surface area contributed by atoms with Crippen LogP contribution in [0.15, 0.2) is 48.5 Å². The predicted octanol–water partition coefficient (Wildman–Crippen LogP) is 5.82. The van der Waals surface area contributed by atoms with Gasteiger partial charge in [0.25, 0.3) is 5.91 Å². The van der Waals surface area contributed by atoms with Gasteiger partial charge in [-0.2, -0.15) is 18.3 Å². The van der Waals surface area contributed by atoms with Crippen molar-refractivity contribution in [1.82, 2.24) is 14.7 Å². The average Bonchev–Trinajstić information content (AvgIpc) is 3.33. The van der Waals surface area contributed by atoms with Crippen molar-refractivity contribution >= 4 is 40.6 Å². The van der Waals surface area contributed by atoms with Crippen LogP contribution in [0.1, 0.15) is 34.6 Å². The highest BCUT2D eigenvalue weighted by Gasteiger charge is 2.47. The maximum atomic E-state index is 14.0. The lowest BCUT2D eigenvalue weighted by Crippen LogP contribution is -2.49. The smallest absolute Gasteiger partial charge is 0.410 e. The van der Waals surface area contributed by atoms with Crippen LogP contribution in [-0.4, -0.2) is 60.1 Å². The van der Waals surface area contributed by atoms with Crippen LogP contribution in [0.3, 0.4) is 0 Å². The minimum atomic E-state index is -4.56. The second-order valence-corrected chi connectivity index (χ2v) is 9.79. The molecule has 196 valence electrons. The Morgan fingerprint density at radius 1 is 1.05 bits per heavy atom. The molecular weight excluding hydrogens is 530 g/mol. The van der Waals surface area contributed by atoms with Gasteiger partial charge < -0.3 is 19.9 Å². The maximum absolute atomic E-state index is 14.0.